The van der Waals surface area contributed by atoms with Gasteiger partial charge in [0.2, 0.25) is 0 Å². The van der Waals surface area contributed by atoms with Gasteiger partial charge in [0.25, 0.3) is 5.91 Å². The van der Waals surface area contributed by atoms with E-state index in [0.717, 1.165) is 30.3 Å². The van der Waals surface area contributed by atoms with Crippen molar-refractivity contribution in [3.8, 4) is 0 Å². The molecule has 2 N–H and O–H groups in total. The zero-order chi connectivity index (χ0) is 19.2. The monoisotopic (exact) mass is 373 g/mol. The zero-order valence-electron chi connectivity index (χ0n) is 15.6. The van der Waals surface area contributed by atoms with Gasteiger partial charge in [0, 0.05) is 30.2 Å². The molecule has 2 aromatic carbocycles. The lowest BCUT2D eigenvalue weighted by molar-refractivity contribution is 0.102. The Morgan fingerprint density at radius 1 is 0.750 bits per heavy atom. The highest BCUT2D eigenvalue weighted by Crippen LogP contribution is 2.20. The standard InChI is InChI=1S/C22H23N5O/c28-22(20-13-14-21(26-25-20)27-15-5-2-6-16-27)24-19-11-9-18(10-12-19)23-17-7-3-1-4-8-17/h1,3-4,7-14,23H,2,5-6,15-16H2,(H,24,28). The summed E-state index contributed by atoms with van der Waals surface area (Å²) in [6, 6.07) is 21.1. The molecule has 0 spiro atoms. The van der Waals surface area contributed by atoms with E-state index in [1.807, 2.05) is 60.7 Å². The summed E-state index contributed by atoms with van der Waals surface area (Å²) in [5.74, 6) is 0.578. The number of benzene rings is 2. The van der Waals surface area contributed by atoms with Crippen LogP contribution in [0.2, 0.25) is 0 Å². The van der Waals surface area contributed by atoms with E-state index in [0.29, 0.717) is 11.4 Å². The molecule has 0 unspecified atom stereocenters. The van der Waals surface area contributed by atoms with E-state index in [1.165, 1.54) is 19.3 Å². The molecule has 0 radical (unpaired) electrons. The number of amides is 1. The normalized spacial score (nSPS) is 13.8. The summed E-state index contributed by atoms with van der Waals surface area (Å²) in [5.41, 5.74) is 3.00. The third-order valence-electron chi connectivity index (χ3n) is 4.77. The molecule has 1 aliphatic rings. The van der Waals surface area contributed by atoms with Crippen LogP contribution in [0.3, 0.4) is 0 Å². The highest BCUT2D eigenvalue weighted by Gasteiger charge is 2.14. The van der Waals surface area contributed by atoms with Crippen molar-refractivity contribution in [1.82, 2.24) is 10.2 Å². The third kappa shape index (κ3) is 4.46. The molecule has 3 aromatic rings. The van der Waals surface area contributed by atoms with Crippen LogP contribution in [0, 0.1) is 0 Å². The number of rotatable bonds is 5. The first-order valence-electron chi connectivity index (χ1n) is 9.60. The zero-order valence-corrected chi connectivity index (χ0v) is 15.6. The fourth-order valence-electron chi connectivity index (χ4n) is 3.26. The van der Waals surface area contributed by atoms with Crippen LogP contribution in [-0.4, -0.2) is 29.2 Å². The molecule has 0 saturated carbocycles. The number of hydrogen-bond acceptors (Lipinski definition) is 5. The molecule has 6 nitrogen and oxygen atoms in total. The van der Waals surface area contributed by atoms with Crippen LogP contribution in [0.25, 0.3) is 0 Å². The van der Waals surface area contributed by atoms with Gasteiger partial charge >= 0.3 is 0 Å². The van der Waals surface area contributed by atoms with Crippen LogP contribution in [0.4, 0.5) is 22.9 Å². The molecular formula is C22H23N5O. The van der Waals surface area contributed by atoms with Gasteiger partial charge in [-0.3, -0.25) is 4.79 Å². The maximum absolute atomic E-state index is 12.4. The SMILES string of the molecule is O=C(Nc1ccc(Nc2ccccc2)cc1)c1ccc(N2CCCCC2)nn1. The van der Waals surface area contributed by atoms with Crippen molar-refractivity contribution in [2.45, 2.75) is 19.3 Å². The topological polar surface area (TPSA) is 70.2 Å². The Morgan fingerprint density at radius 3 is 2.11 bits per heavy atom. The number of nitrogens with zero attached hydrogens (tertiary/aromatic N) is 3. The summed E-state index contributed by atoms with van der Waals surface area (Å²) in [5, 5.41) is 14.5. The fourth-order valence-corrected chi connectivity index (χ4v) is 3.26. The molecule has 1 saturated heterocycles. The van der Waals surface area contributed by atoms with Crippen molar-refractivity contribution in [1.29, 1.82) is 0 Å². The molecule has 0 atom stereocenters. The van der Waals surface area contributed by atoms with E-state index < -0.39 is 0 Å². The summed E-state index contributed by atoms with van der Waals surface area (Å²) in [4.78, 5) is 14.7. The number of anilines is 4. The van der Waals surface area contributed by atoms with Gasteiger partial charge in [-0.2, -0.15) is 0 Å². The van der Waals surface area contributed by atoms with E-state index >= 15 is 0 Å². The Bertz CT molecular complexity index is 904. The molecule has 1 fully saturated rings. The third-order valence-corrected chi connectivity index (χ3v) is 4.77. The van der Waals surface area contributed by atoms with E-state index in [-0.39, 0.29) is 5.91 Å². The Morgan fingerprint density at radius 2 is 1.43 bits per heavy atom. The fraction of sp³-hybridized carbons (Fsp3) is 0.227. The molecule has 1 amide bonds. The molecule has 0 bridgehead atoms. The Balaban J connectivity index is 1.36. The van der Waals surface area contributed by atoms with E-state index in [1.54, 1.807) is 6.07 Å². The van der Waals surface area contributed by atoms with Crippen LogP contribution in [0.1, 0.15) is 29.8 Å². The molecule has 0 aliphatic carbocycles. The first kappa shape index (κ1) is 18.0. The summed E-state index contributed by atoms with van der Waals surface area (Å²) in [6.07, 6.45) is 3.63. The average molecular weight is 373 g/mol. The molecule has 4 rings (SSSR count). The van der Waals surface area contributed by atoms with Gasteiger partial charge in [-0.1, -0.05) is 18.2 Å². The van der Waals surface area contributed by atoms with Crippen molar-refractivity contribution in [3.63, 3.8) is 0 Å². The van der Waals surface area contributed by atoms with Crippen LogP contribution in [0.15, 0.2) is 66.7 Å². The van der Waals surface area contributed by atoms with Gasteiger partial charge in [0.1, 0.15) is 0 Å². The maximum atomic E-state index is 12.4. The van der Waals surface area contributed by atoms with E-state index in [4.69, 9.17) is 0 Å². The van der Waals surface area contributed by atoms with Gasteiger partial charge in [0.05, 0.1) is 0 Å². The second-order valence-electron chi connectivity index (χ2n) is 6.85. The Labute approximate surface area is 164 Å². The minimum absolute atomic E-state index is 0.263. The van der Waals surface area contributed by atoms with Gasteiger partial charge in [0.15, 0.2) is 11.5 Å². The van der Waals surface area contributed by atoms with Gasteiger partial charge in [-0.25, -0.2) is 0 Å². The number of para-hydroxylation sites is 1. The van der Waals surface area contributed by atoms with Gasteiger partial charge in [-0.05, 0) is 67.8 Å². The second kappa shape index (κ2) is 8.52. The lowest BCUT2D eigenvalue weighted by Crippen LogP contribution is -2.30. The minimum atomic E-state index is -0.263. The summed E-state index contributed by atoms with van der Waals surface area (Å²) >= 11 is 0. The number of nitrogens with one attached hydrogen (secondary N) is 2. The van der Waals surface area contributed by atoms with Crippen molar-refractivity contribution in [3.05, 3.63) is 72.4 Å². The van der Waals surface area contributed by atoms with Crippen LogP contribution < -0.4 is 15.5 Å². The Kier molecular flexibility index (Phi) is 5.47. The smallest absolute Gasteiger partial charge is 0.276 e. The molecule has 28 heavy (non-hydrogen) atoms. The molecule has 6 heteroatoms. The van der Waals surface area contributed by atoms with Crippen molar-refractivity contribution in [2.24, 2.45) is 0 Å². The first-order chi connectivity index (χ1) is 13.8. The van der Waals surface area contributed by atoms with E-state index in [2.05, 4.69) is 25.7 Å². The van der Waals surface area contributed by atoms with Gasteiger partial charge < -0.3 is 15.5 Å². The lowest BCUT2D eigenvalue weighted by atomic mass is 10.1. The minimum Gasteiger partial charge on any atom is -0.356 e. The number of piperidine rings is 1. The maximum Gasteiger partial charge on any atom is 0.276 e. The molecule has 2 heterocycles. The largest absolute Gasteiger partial charge is 0.356 e. The molecule has 1 aromatic heterocycles. The number of carbonyl (C=O) groups is 1. The quantitative estimate of drug-likeness (QED) is 0.691. The van der Waals surface area contributed by atoms with Crippen molar-refractivity contribution in [2.75, 3.05) is 28.6 Å². The number of aromatic nitrogens is 2. The van der Waals surface area contributed by atoms with Crippen molar-refractivity contribution < 1.29 is 4.79 Å². The summed E-state index contributed by atoms with van der Waals surface area (Å²) < 4.78 is 0. The molecular weight excluding hydrogens is 350 g/mol. The first-order valence-corrected chi connectivity index (χ1v) is 9.60. The predicted octanol–water partition coefficient (Wildman–Crippen LogP) is 4.46. The Hall–Kier alpha value is -3.41. The van der Waals surface area contributed by atoms with Gasteiger partial charge in [-0.15, -0.1) is 10.2 Å². The van der Waals surface area contributed by atoms with Crippen LogP contribution in [-0.2, 0) is 0 Å². The summed E-state index contributed by atoms with van der Waals surface area (Å²) in [7, 11) is 0. The average Bonchev–Trinajstić information content (AvgIpc) is 2.76. The van der Waals surface area contributed by atoms with Crippen molar-refractivity contribution >= 4 is 28.8 Å². The highest BCUT2D eigenvalue weighted by atomic mass is 16.1. The van der Waals surface area contributed by atoms with Crippen LogP contribution >= 0.6 is 0 Å². The summed E-state index contributed by atoms with van der Waals surface area (Å²) in [6.45, 7) is 2.01. The lowest BCUT2D eigenvalue weighted by Gasteiger charge is -2.27. The van der Waals surface area contributed by atoms with E-state index in [9.17, 15) is 4.79 Å². The molecule has 142 valence electrons. The predicted molar refractivity (Wildman–Crippen MR) is 112 cm³/mol. The number of hydrogen-bond donors (Lipinski definition) is 2. The second-order valence-corrected chi connectivity index (χ2v) is 6.85. The highest BCUT2D eigenvalue weighted by molar-refractivity contribution is 6.02. The molecule has 1 aliphatic heterocycles. The van der Waals surface area contributed by atoms with Crippen LogP contribution in [0.5, 0.6) is 0 Å². The number of carbonyl (C=O) groups excluding carboxylic acids is 1.